The molecular formula is C14H22IN3O2. The van der Waals surface area contributed by atoms with E-state index in [1.165, 1.54) is 0 Å². The lowest BCUT2D eigenvalue weighted by Crippen LogP contribution is -2.45. The molecule has 0 aromatic heterocycles. The molecule has 0 unspecified atom stereocenters. The maximum absolute atomic E-state index is 5.92. The average Bonchev–Trinajstić information content (AvgIpc) is 2.46. The summed E-state index contributed by atoms with van der Waals surface area (Å²) in [5, 5.41) is 0. The molecule has 1 aliphatic rings. The van der Waals surface area contributed by atoms with E-state index < -0.39 is 0 Å². The predicted molar refractivity (Wildman–Crippen MR) is 91.0 cm³/mol. The van der Waals surface area contributed by atoms with Crippen molar-refractivity contribution in [2.24, 2.45) is 10.7 Å². The molecule has 1 aromatic rings. The third kappa shape index (κ3) is 5.16. The fraction of sp³-hybridized carbons (Fsp3) is 0.500. The highest BCUT2D eigenvalue weighted by Crippen LogP contribution is 2.15. The van der Waals surface area contributed by atoms with Crippen LogP contribution in [0.4, 0.5) is 0 Å². The standard InChI is InChI=1S/C14H21N3O2.HI/c1-12-4-2-3-5-13(12)19-9-6-16-14(15)17-7-10-18-11-8-17;/h2-5H,6-11H2,1H3,(H2,15,16);1H. The molecule has 6 heteroatoms. The van der Waals surface area contributed by atoms with Crippen molar-refractivity contribution in [3.05, 3.63) is 29.8 Å². The Hall–Kier alpha value is -1.02. The van der Waals surface area contributed by atoms with Gasteiger partial charge in [-0.05, 0) is 18.6 Å². The number of ether oxygens (including phenoxy) is 2. The summed E-state index contributed by atoms with van der Waals surface area (Å²) in [7, 11) is 0. The first kappa shape index (κ1) is 17.0. The number of halogens is 1. The van der Waals surface area contributed by atoms with E-state index in [0.29, 0.717) is 19.1 Å². The van der Waals surface area contributed by atoms with Gasteiger partial charge in [0.15, 0.2) is 5.96 Å². The zero-order valence-corrected chi connectivity index (χ0v) is 14.1. The number of para-hydroxylation sites is 1. The van der Waals surface area contributed by atoms with E-state index in [4.69, 9.17) is 15.2 Å². The minimum atomic E-state index is 0. The molecule has 20 heavy (non-hydrogen) atoms. The highest BCUT2D eigenvalue weighted by molar-refractivity contribution is 14.0. The second-order valence-electron chi connectivity index (χ2n) is 4.45. The summed E-state index contributed by atoms with van der Waals surface area (Å²) in [6.07, 6.45) is 0. The SMILES string of the molecule is Cc1ccccc1OCCN=C(N)N1CCOCC1.I. The van der Waals surface area contributed by atoms with E-state index >= 15 is 0 Å². The van der Waals surface area contributed by atoms with Crippen molar-refractivity contribution in [3.63, 3.8) is 0 Å². The van der Waals surface area contributed by atoms with E-state index in [0.717, 1.165) is 37.6 Å². The molecule has 2 N–H and O–H groups in total. The lowest BCUT2D eigenvalue weighted by atomic mass is 10.2. The maximum Gasteiger partial charge on any atom is 0.191 e. The van der Waals surface area contributed by atoms with Gasteiger partial charge in [0, 0.05) is 13.1 Å². The van der Waals surface area contributed by atoms with Crippen LogP contribution < -0.4 is 10.5 Å². The number of nitrogens with zero attached hydrogens (tertiary/aromatic N) is 2. The van der Waals surface area contributed by atoms with Crippen LogP contribution in [0.1, 0.15) is 5.56 Å². The van der Waals surface area contributed by atoms with Gasteiger partial charge >= 0.3 is 0 Å². The monoisotopic (exact) mass is 391 g/mol. The molecule has 0 atom stereocenters. The van der Waals surface area contributed by atoms with E-state index in [1.807, 2.05) is 36.1 Å². The Balaban J connectivity index is 0.00000200. The van der Waals surface area contributed by atoms with Gasteiger partial charge in [0.2, 0.25) is 0 Å². The van der Waals surface area contributed by atoms with E-state index in [9.17, 15) is 0 Å². The number of hydrogen-bond acceptors (Lipinski definition) is 3. The minimum absolute atomic E-state index is 0. The van der Waals surface area contributed by atoms with Crippen LogP contribution in [0.3, 0.4) is 0 Å². The molecule has 1 aromatic carbocycles. The fourth-order valence-electron chi connectivity index (χ4n) is 1.93. The molecule has 1 saturated heterocycles. The van der Waals surface area contributed by atoms with Crippen LogP contribution in [0.2, 0.25) is 0 Å². The van der Waals surface area contributed by atoms with E-state index in [2.05, 4.69) is 4.99 Å². The zero-order valence-electron chi connectivity index (χ0n) is 11.7. The smallest absolute Gasteiger partial charge is 0.191 e. The molecule has 2 rings (SSSR count). The van der Waals surface area contributed by atoms with Gasteiger partial charge in [-0.25, -0.2) is 4.99 Å². The van der Waals surface area contributed by atoms with Crippen LogP contribution in [0, 0.1) is 6.92 Å². The number of morpholine rings is 1. The highest BCUT2D eigenvalue weighted by Gasteiger charge is 2.11. The number of rotatable bonds is 4. The zero-order chi connectivity index (χ0) is 13.5. The molecule has 5 nitrogen and oxygen atoms in total. The number of hydrogen-bond donors (Lipinski definition) is 1. The summed E-state index contributed by atoms with van der Waals surface area (Å²) >= 11 is 0. The van der Waals surface area contributed by atoms with Gasteiger partial charge in [-0.3, -0.25) is 0 Å². The van der Waals surface area contributed by atoms with Crippen molar-refractivity contribution in [1.29, 1.82) is 0 Å². The maximum atomic E-state index is 5.92. The first-order valence-electron chi connectivity index (χ1n) is 6.58. The van der Waals surface area contributed by atoms with Gasteiger partial charge in [0.05, 0.1) is 19.8 Å². The fourth-order valence-corrected chi connectivity index (χ4v) is 1.93. The van der Waals surface area contributed by atoms with Crippen LogP contribution in [0.25, 0.3) is 0 Å². The second-order valence-corrected chi connectivity index (χ2v) is 4.45. The number of benzene rings is 1. The molecular weight excluding hydrogens is 369 g/mol. The Morgan fingerprint density at radius 3 is 2.75 bits per heavy atom. The topological polar surface area (TPSA) is 60.1 Å². The molecule has 0 radical (unpaired) electrons. The van der Waals surface area contributed by atoms with Gasteiger partial charge < -0.3 is 20.1 Å². The lowest BCUT2D eigenvalue weighted by molar-refractivity contribution is 0.0674. The summed E-state index contributed by atoms with van der Waals surface area (Å²) in [4.78, 5) is 6.37. The van der Waals surface area contributed by atoms with Crippen molar-refractivity contribution in [2.45, 2.75) is 6.92 Å². The van der Waals surface area contributed by atoms with Crippen LogP contribution in [0.15, 0.2) is 29.3 Å². The van der Waals surface area contributed by atoms with Crippen LogP contribution >= 0.6 is 24.0 Å². The normalized spacial score (nSPS) is 15.7. The second kappa shape index (κ2) is 9.02. The van der Waals surface area contributed by atoms with Gasteiger partial charge in [-0.1, -0.05) is 18.2 Å². The van der Waals surface area contributed by atoms with Crippen molar-refractivity contribution in [3.8, 4) is 5.75 Å². The molecule has 0 aliphatic carbocycles. The number of aryl methyl sites for hydroxylation is 1. The Kier molecular flexibility index (Phi) is 7.68. The number of aliphatic imine (C=N–C) groups is 1. The molecule has 112 valence electrons. The summed E-state index contributed by atoms with van der Waals surface area (Å²) in [5.74, 6) is 1.49. The summed E-state index contributed by atoms with van der Waals surface area (Å²) in [6.45, 7) is 6.20. The largest absolute Gasteiger partial charge is 0.491 e. The Morgan fingerprint density at radius 1 is 1.35 bits per heavy atom. The van der Waals surface area contributed by atoms with Crippen molar-refractivity contribution < 1.29 is 9.47 Å². The van der Waals surface area contributed by atoms with E-state index in [-0.39, 0.29) is 24.0 Å². The van der Waals surface area contributed by atoms with Crippen LogP contribution in [0.5, 0.6) is 5.75 Å². The average molecular weight is 391 g/mol. The Labute approximate surface area is 137 Å². The lowest BCUT2D eigenvalue weighted by Gasteiger charge is -2.27. The first-order valence-corrected chi connectivity index (χ1v) is 6.58. The van der Waals surface area contributed by atoms with Crippen LogP contribution in [-0.4, -0.2) is 50.3 Å². The minimum Gasteiger partial charge on any atom is -0.491 e. The molecule has 1 heterocycles. The molecule has 0 amide bonds. The van der Waals surface area contributed by atoms with Crippen molar-refractivity contribution in [1.82, 2.24) is 4.90 Å². The Bertz CT molecular complexity index is 434. The van der Waals surface area contributed by atoms with Gasteiger partial charge in [-0.2, -0.15) is 0 Å². The van der Waals surface area contributed by atoms with Gasteiger partial charge in [0.25, 0.3) is 0 Å². The molecule has 1 fully saturated rings. The predicted octanol–water partition coefficient (Wildman–Crippen LogP) is 1.64. The van der Waals surface area contributed by atoms with Crippen LogP contribution in [-0.2, 0) is 4.74 Å². The summed E-state index contributed by atoms with van der Waals surface area (Å²) in [6, 6.07) is 7.95. The number of guanidine groups is 1. The summed E-state index contributed by atoms with van der Waals surface area (Å²) in [5.41, 5.74) is 7.05. The quantitative estimate of drug-likeness (QED) is 0.367. The molecule has 1 aliphatic heterocycles. The highest BCUT2D eigenvalue weighted by atomic mass is 127. The first-order chi connectivity index (χ1) is 9.27. The third-order valence-electron chi connectivity index (χ3n) is 3.05. The van der Waals surface area contributed by atoms with Gasteiger partial charge in [-0.15, -0.1) is 24.0 Å². The van der Waals surface area contributed by atoms with Gasteiger partial charge in [0.1, 0.15) is 12.4 Å². The Morgan fingerprint density at radius 2 is 2.05 bits per heavy atom. The summed E-state index contributed by atoms with van der Waals surface area (Å²) < 4.78 is 10.9. The number of nitrogens with two attached hydrogens (primary N) is 1. The van der Waals surface area contributed by atoms with Crippen molar-refractivity contribution >= 4 is 29.9 Å². The molecule has 0 saturated carbocycles. The van der Waals surface area contributed by atoms with E-state index in [1.54, 1.807) is 0 Å². The van der Waals surface area contributed by atoms with Crippen molar-refractivity contribution in [2.75, 3.05) is 39.5 Å². The molecule has 0 spiro atoms. The third-order valence-corrected chi connectivity index (χ3v) is 3.05. The molecule has 0 bridgehead atoms.